The Hall–Kier alpha value is -3.39. The first-order chi connectivity index (χ1) is 17.9. The van der Waals surface area contributed by atoms with Crippen LogP contribution in [0.5, 0.6) is 5.75 Å². The van der Waals surface area contributed by atoms with Crippen LogP contribution in [-0.2, 0) is 9.53 Å². The summed E-state index contributed by atoms with van der Waals surface area (Å²) in [6.07, 6.45) is 6.54. The molecular weight excluding hydrogens is 473 g/mol. The van der Waals surface area contributed by atoms with Gasteiger partial charge in [-0.25, -0.2) is 4.39 Å². The highest BCUT2D eigenvalue weighted by Gasteiger charge is 2.40. The van der Waals surface area contributed by atoms with Crippen molar-refractivity contribution in [3.63, 3.8) is 0 Å². The lowest BCUT2D eigenvalue weighted by molar-refractivity contribution is -0.149. The molecule has 1 aliphatic heterocycles. The fourth-order valence-electron chi connectivity index (χ4n) is 6.39. The van der Waals surface area contributed by atoms with Gasteiger partial charge in [-0.1, -0.05) is 0 Å². The molecule has 0 amide bonds. The number of fused-ring (bicyclic) bond motifs is 2. The van der Waals surface area contributed by atoms with E-state index in [1.165, 1.54) is 24.4 Å². The van der Waals surface area contributed by atoms with Gasteiger partial charge in [-0.2, -0.15) is 5.10 Å². The molecule has 0 spiro atoms. The predicted molar refractivity (Wildman–Crippen MR) is 139 cm³/mol. The number of carbonyl (C=O) groups is 1. The van der Waals surface area contributed by atoms with Crippen molar-refractivity contribution in [2.24, 2.45) is 5.41 Å². The molecule has 2 aromatic carbocycles. The van der Waals surface area contributed by atoms with Crippen LogP contribution < -0.4 is 4.74 Å². The Kier molecular flexibility index (Phi) is 5.94. The number of nitrogens with one attached hydrogen (secondary N) is 1. The average molecular weight is 506 g/mol. The maximum atomic E-state index is 14.4. The minimum atomic E-state index is -0.712. The number of methoxy groups -OCH3 is 1. The van der Waals surface area contributed by atoms with Crippen LogP contribution in [0.25, 0.3) is 27.5 Å². The maximum absolute atomic E-state index is 14.4. The van der Waals surface area contributed by atoms with Gasteiger partial charge in [0.15, 0.2) is 11.6 Å². The van der Waals surface area contributed by atoms with E-state index in [1.807, 2.05) is 19.2 Å². The van der Waals surface area contributed by atoms with Crippen LogP contribution in [-0.4, -0.2) is 46.2 Å². The molecule has 7 nitrogen and oxygen atoms in total. The minimum Gasteiger partial charge on any atom is -0.494 e. The second kappa shape index (κ2) is 9.17. The summed E-state index contributed by atoms with van der Waals surface area (Å²) in [6.45, 7) is 3.27. The zero-order chi connectivity index (χ0) is 25.7. The third-order valence-corrected chi connectivity index (χ3v) is 8.62. The monoisotopic (exact) mass is 505 g/mol. The van der Waals surface area contributed by atoms with Gasteiger partial charge in [-0.05, 0) is 81.2 Å². The van der Waals surface area contributed by atoms with Crippen molar-refractivity contribution in [2.45, 2.75) is 57.3 Å². The van der Waals surface area contributed by atoms with Crippen LogP contribution in [0.15, 0.2) is 36.5 Å². The van der Waals surface area contributed by atoms with Gasteiger partial charge in [0.1, 0.15) is 0 Å². The average Bonchev–Trinajstić information content (AvgIpc) is 3.50. The van der Waals surface area contributed by atoms with E-state index in [4.69, 9.17) is 9.47 Å². The van der Waals surface area contributed by atoms with Gasteiger partial charge in [0.05, 0.1) is 29.8 Å². The molecule has 1 saturated heterocycles. The second-order valence-corrected chi connectivity index (χ2v) is 10.8. The molecule has 1 saturated carbocycles. The molecule has 1 aliphatic carbocycles. The topological polar surface area (TPSA) is 89.4 Å². The Balaban J connectivity index is 1.61. The summed E-state index contributed by atoms with van der Waals surface area (Å²) < 4.78 is 27.8. The highest BCUT2D eigenvalue weighted by Crippen LogP contribution is 2.50. The van der Waals surface area contributed by atoms with Crippen molar-refractivity contribution < 1.29 is 23.8 Å². The van der Waals surface area contributed by atoms with E-state index < -0.39 is 17.2 Å². The van der Waals surface area contributed by atoms with Crippen LogP contribution in [0, 0.1) is 11.2 Å². The molecule has 37 heavy (non-hydrogen) atoms. The number of rotatable bonds is 5. The number of aromatic amines is 1. The first-order valence-electron chi connectivity index (χ1n) is 13.1. The standard InChI is InChI=1S/C29H32FN3O4/c1-29(28(34)35)9-5-17(6-10-29)26-21-15-23-19(16-31-32-23)13-24(21)33(27(26)18-7-11-37-12-8-18)20-3-4-22(30)25(14-20)36-2/h3-4,13-18H,5-12H2,1-2H3,(H,31,32)(H,34,35)/t17-,29-. The van der Waals surface area contributed by atoms with Crippen molar-refractivity contribution in [3.05, 3.63) is 53.6 Å². The largest absolute Gasteiger partial charge is 0.494 e. The van der Waals surface area contributed by atoms with Crippen molar-refractivity contribution in [3.8, 4) is 11.4 Å². The predicted octanol–water partition coefficient (Wildman–Crippen LogP) is 6.30. The molecule has 0 bridgehead atoms. The summed E-state index contributed by atoms with van der Waals surface area (Å²) >= 11 is 0. The lowest BCUT2D eigenvalue weighted by Crippen LogP contribution is -2.32. The number of H-pyrrole nitrogens is 1. The number of nitrogens with zero attached hydrogens (tertiary/aromatic N) is 2. The first-order valence-corrected chi connectivity index (χ1v) is 13.1. The highest BCUT2D eigenvalue weighted by molar-refractivity contribution is 5.99. The van der Waals surface area contributed by atoms with Crippen LogP contribution in [0.4, 0.5) is 4.39 Å². The number of aromatic nitrogens is 3. The molecule has 2 aliphatic rings. The smallest absolute Gasteiger partial charge is 0.309 e. The number of carboxylic acid groups (broad SMARTS) is 1. The lowest BCUT2D eigenvalue weighted by atomic mass is 9.69. The Morgan fingerprint density at radius 3 is 2.62 bits per heavy atom. The van der Waals surface area contributed by atoms with Gasteiger partial charge in [0, 0.05) is 47.4 Å². The summed E-state index contributed by atoms with van der Waals surface area (Å²) in [5.41, 5.74) is 4.70. The molecule has 2 N–H and O–H groups in total. The van der Waals surface area contributed by atoms with E-state index in [2.05, 4.69) is 26.9 Å². The van der Waals surface area contributed by atoms with Gasteiger partial charge in [-0.3, -0.25) is 9.89 Å². The molecule has 4 aromatic rings. The molecule has 8 heteroatoms. The van der Waals surface area contributed by atoms with Crippen LogP contribution in [0.1, 0.15) is 68.5 Å². The van der Waals surface area contributed by atoms with Crippen LogP contribution in [0.2, 0.25) is 0 Å². The van der Waals surface area contributed by atoms with Gasteiger partial charge in [0.25, 0.3) is 0 Å². The molecule has 2 fully saturated rings. The van der Waals surface area contributed by atoms with E-state index in [1.54, 1.807) is 6.07 Å². The fourth-order valence-corrected chi connectivity index (χ4v) is 6.39. The van der Waals surface area contributed by atoms with Gasteiger partial charge in [-0.15, -0.1) is 0 Å². The molecule has 6 rings (SSSR count). The van der Waals surface area contributed by atoms with Crippen molar-refractivity contribution in [1.29, 1.82) is 0 Å². The molecule has 0 radical (unpaired) electrons. The number of benzene rings is 2. The van der Waals surface area contributed by atoms with Gasteiger partial charge >= 0.3 is 5.97 Å². The summed E-state index contributed by atoms with van der Waals surface area (Å²) in [7, 11) is 1.48. The summed E-state index contributed by atoms with van der Waals surface area (Å²) in [5, 5.41) is 19.4. The van der Waals surface area contributed by atoms with Crippen molar-refractivity contribution >= 4 is 27.8 Å². The number of halogens is 1. The normalized spacial score (nSPS) is 23.1. The van der Waals surface area contributed by atoms with Crippen LogP contribution in [0.3, 0.4) is 0 Å². The summed E-state index contributed by atoms with van der Waals surface area (Å²) in [6, 6.07) is 9.37. The van der Waals surface area contributed by atoms with Gasteiger partial charge in [0.2, 0.25) is 0 Å². The van der Waals surface area contributed by atoms with Crippen molar-refractivity contribution in [1.82, 2.24) is 14.8 Å². The van der Waals surface area contributed by atoms with Crippen LogP contribution >= 0.6 is 0 Å². The second-order valence-electron chi connectivity index (χ2n) is 10.8. The third-order valence-electron chi connectivity index (χ3n) is 8.62. The number of aliphatic carboxylic acids is 1. The Bertz CT molecular complexity index is 1480. The van der Waals surface area contributed by atoms with Gasteiger partial charge < -0.3 is 19.1 Å². The quantitative estimate of drug-likeness (QED) is 0.332. The number of hydrogen-bond acceptors (Lipinski definition) is 4. The lowest BCUT2D eigenvalue weighted by Gasteiger charge is -2.35. The number of carboxylic acids is 1. The molecule has 0 atom stereocenters. The molecular formula is C29H32FN3O4. The SMILES string of the molecule is COc1cc(-n2c(C3CCOCC3)c([C@H]3CC[C@](C)(C(=O)O)CC3)c3cc4[nH]ncc4cc32)ccc1F. The zero-order valence-corrected chi connectivity index (χ0v) is 21.2. The Labute approximate surface area is 214 Å². The van der Waals surface area contributed by atoms with E-state index in [-0.39, 0.29) is 17.6 Å². The molecule has 3 heterocycles. The molecule has 194 valence electrons. The third kappa shape index (κ3) is 3.98. The molecule has 0 unspecified atom stereocenters. The summed E-state index contributed by atoms with van der Waals surface area (Å²) in [5.74, 6) is -0.394. The van der Waals surface area contributed by atoms with E-state index in [0.717, 1.165) is 53.2 Å². The van der Waals surface area contributed by atoms with E-state index in [9.17, 15) is 14.3 Å². The zero-order valence-electron chi connectivity index (χ0n) is 21.2. The maximum Gasteiger partial charge on any atom is 0.309 e. The fraction of sp³-hybridized carbons (Fsp3) is 0.448. The number of hydrogen-bond donors (Lipinski definition) is 2. The summed E-state index contributed by atoms with van der Waals surface area (Å²) in [4.78, 5) is 12.0. The number of ether oxygens (including phenoxy) is 2. The minimum absolute atomic E-state index is 0.207. The van der Waals surface area contributed by atoms with Crippen molar-refractivity contribution in [2.75, 3.05) is 20.3 Å². The first kappa shape index (κ1) is 24.0. The highest BCUT2D eigenvalue weighted by atomic mass is 19.1. The molecule has 2 aromatic heterocycles. The Morgan fingerprint density at radius 1 is 1.16 bits per heavy atom. The van der Waals surface area contributed by atoms with E-state index >= 15 is 0 Å². The Morgan fingerprint density at radius 2 is 1.92 bits per heavy atom. The van der Waals surface area contributed by atoms with E-state index in [0.29, 0.717) is 26.1 Å².